The van der Waals surface area contributed by atoms with E-state index in [1.54, 1.807) is 31.4 Å². The number of methoxy groups -OCH3 is 1. The molecule has 0 bridgehead atoms. The third kappa shape index (κ3) is 4.20. The highest BCUT2D eigenvalue weighted by molar-refractivity contribution is 6.46. The molecule has 2 amide bonds. The number of anilines is 2. The lowest BCUT2D eigenvalue weighted by atomic mass is 10.0. The highest BCUT2D eigenvalue weighted by Crippen LogP contribution is 2.37. The zero-order valence-electron chi connectivity index (χ0n) is 18.9. The molecule has 0 N–H and O–H groups in total. The second-order valence-electron chi connectivity index (χ2n) is 7.40. The van der Waals surface area contributed by atoms with Crippen LogP contribution in [0.15, 0.2) is 84.6 Å². The molecule has 0 saturated heterocycles. The van der Waals surface area contributed by atoms with Crippen LogP contribution in [0.2, 0.25) is 0 Å². The summed E-state index contributed by atoms with van der Waals surface area (Å²) in [6.45, 7) is 4.95. The van der Waals surface area contributed by atoms with Crippen LogP contribution < -0.4 is 19.3 Å². The first-order valence-corrected chi connectivity index (χ1v) is 10.9. The van der Waals surface area contributed by atoms with Gasteiger partial charge in [0, 0.05) is 12.2 Å². The number of nitrogens with zero attached hydrogens (tertiary/aromatic N) is 2. The molecule has 0 aliphatic carbocycles. The molecule has 6 heteroatoms. The summed E-state index contributed by atoms with van der Waals surface area (Å²) in [6.07, 6.45) is 0. The van der Waals surface area contributed by atoms with Gasteiger partial charge < -0.3 is 14.4 Å². The Morgan fingerprint density at radius 3 is 2.00 bits per heavy atom. The number of likely N-dealkylation sites (N-methyl/N-ethyl adjacent to an activating group) is 1. The maximum atomic E-state index is 13.7. The molecule has 33 heavy (non-hydrogen) atoms. The molecule has 0 saturated carbocycles. The number of imide groups is 1. The Hall–Kier alpha value is -4.06. The molecule has 4 rings (SSSR count). The number of rotatable bonds is 8. The number of carbonyl (C=O) groups excluding carboxylic acids is 2. The van der Waals surface area contributed by atoms with Crippen molar-refractivity contribution in [2.75, 3.05) is 30.1 Å². The van der Waals surface area contributed by atoms with E-state index in [9.17, 15) is 9.59 Å². The Kier molecular flexibility index (Phi) is 6.45. The maximum absolute atomic E-state index is 13.7. The minimum atomic E-state index is -0.362. The molecule has 1 aliphatic rings. The van der Waals surface area contributed by atoms with Gasteiger partial charge in [-0.3, -0.25) is 9.59 Å². The van der Waals surface area contributed by atoms with Gasteiger partial charge in [0.15, 0.2) is 0 Å². The molecule has 3 aromatic carbocycles. The van der Waals surface area contributed by atoms with E-state index in [-0.39, 0.29) is 11.8 Å². The van der Waals surface area contributed by atoms with Crippen LogP contribution in [-0.2, 0) is 9.59 Å². The van der Waals surface area contributed by atoms with Crippen LogP contribution >= 0.6 is 0 Å². The Morgan fingerprint density at radius 1 is 0.788 bits per heavy atom. The molecule has 0 spiro atoms. The zero-order chi connectivity index (χ0) is 23.4. The number of ether oxygens (including phenoxy) is 2. The maximum Gasteiger partial charge on any atom is 0.282 e. The van der Waals surface area contributed by atoms with Crippen molar-refractivity contribution in [1.29, 1.82) is 0 Å². The number of para-hydroxylation sites is 1. The van der Waals surface area contributed by atoms with E-state index in [4.69, 9.17) is 9.47 Å². The van der Waals surface area contributed by atoms with Gasteiger partial charge in [-0.25, -0.2) is 4.90 Å². The third-order valence-corrected chi connectivity index (χ3v) is 5.50. The lowest BCUT2D eigenvalue weighted by Gasteiger charge is -2.25. The average molecular weight is 443 g/mol. The van der Waals surface area contributed by atoms with E-state index >= 15 is 0 Å². The Morgan fingerprint density at radius 2 is 1.42 bits per heavy atom. The van der Waals surface area contributed by atoms with Crippen molar-refractivity contribution in [2.24, 2.45) is 0 Å². The van der Waals surface area contributed by atoms with Gasteiger partial charge in [0.25, 0.3) is 11.8 Å². The normalized spacial score (nSPS) is 13.5. The third-order valence-electron chi connectivity index (χ3n) is 5.50. The summed E-state index contributed by atoms with van der Waals surface area (Å²) in [5, 5.41) is 0. The number of carbonyl (C=O) groups is 2. The summed E-state index contributed by atoms with van der Waals surface area (Å²) in [4.78, 5) is 30.6. The molecule has 1 heterocycles. The molecular weight excluding hydrogens is 416 g/mol. The molecule has 3 aromatic rings. The quantitative estimate of drug-likeness (QED) is 0.464. The number of benzene rings is 3. The number of hydrogen-bond donors (Lipinski definition) is 0. The molecule has 0 fully saturated rings. The molecule has 6 nitrogen and oxygen atoms in total. The van der Waals surface area contributed by atoms with Gasteiger partial charge in [-0.05, 0) is 67.9 Å². The van der Waals surface area contributed by atoms with Crippen LogP contribution in [0.1, 0.15) is 19.4 Å². The van der Waals surface area contributed by atoms with Crippen LogP contribution in [0.3, 0.4) is 0 Å². The first kappa shape index (κ1) is 22.1. The van der Waals surface area contributed by atoms with Gasteiger partial charge >= 0.3 is 0 Å². The molecule has 0 radical (unpaired) electrons. The molecule has 0 unspecified atom stereocenters. The summed E-state index contributed by atoms with van der Waals surface area (Å²) in [5.74, 6) is 0.637. The molecule has 168 valence electrons. The van der Waals surface area contributed by atoms with Crippen molar-refractivity contribution in [3.63, 3.8) is 0 Å². The standard InChI is InChI=1S/C27H26N2O4/c1-4-28(20-9-7-6-8-10-20)25-24(19-11-15-23(16-12-19)33-5-2)26(30)29(27(25)31)21-13-17-22(32-3)18-14-21/h6-18H,4-5H2,1-3H3. The van der Waals surface area contributed by atoms with Gasteiger partial charge in [0.1, 0.15) is 17.2 Å². The second kappa shape index (κ2) is 9.61. The smallest absolute Gasteiger partial charge is 0.282 e. The van der Waals surface area contributed by atoms with Crippen molar-refractivity contribution in [2.45, 2.75) is 13.8 Å². The first-order valence-electron chi connectivity index (χ1n) is 10.9. The predicted octanol–water partition coefficient (Wildman–Crippen LogP) is 4.90. The van der Waals surface area contributed by atoms with Crippen molar-refractivity contribution in [3.8, 4) is 11.5 Å². The van der Waals surface area contributed by atoms with Crippen LogP contribution in [0.4, 0.5) is 11.4 Å². The fourth-order valence-corrected chi connectivity index (χ4v) is 3.96. The van der Waals surface area contributed by atoms with Gasteiger partial charge in [0.05, 0.1) is 25.0 Å². The molecular formula is C27H26N2O4. The van der Waals surface area contributed by atoms with E-state index in [2.05, 4.69) is 0 Å². The summed E-state index contributed by atoms with van der Waals surface area (Å²) in [5.41, 5.74) is 2.72. The van der Waals surface area contributed by atoms with E-state index < -0.39 is 0 Å². The molecule has 0 aromatic heterocycles. The van der Waals surface area contributed by atoms with E-state index in [0.717, 1.165) is 5.69 Å². The predicted molar refractivity (Wildman–Crippen MR) is 129 cm³/mol. The zero-order valence-corrected chi connectivity index (χ0v) is 18.9. The van der Waals surface area contributed by atoms with Crippen molar-refractivity contribution in [3.05, 3.63) is 90.1 Å². The monoisotopic (exact) mass is 442 g/mol. The first-order chi connectivity index (χ1) is 16.1. The largest absolute Gasteiger partial charge is 0.497 e. The van der Waals surface area contributed by atoms with Crippen molar-refractivity contribution in [1.82, 2.24) is 0 Å². The van der Waals surface area contributed by atoms with Crippen LogP contribution in [0.25, 0.3) is 5.57 Å². The fraction of sp³-hybridized carbons (Fsp3) is 0.185. The van der Waals surface area contributed by atoms with Crippen LogP contribution in [-0.4, -0.2) is 32.1 Å². The van der Waals surface area contributed by atoms with Crippen molar-refractivity contribution >= 4 is 28.8 Å². The highest BCUT2D eigenvalue weighted by atomic mass is 16.5. The lowest BCUT2D eigenvalue weighted by Crippen LogP contribution is -2.35. The fourth-order valence-electron chi connectivity index (χ4n) is 3.96. The van der Waals surface area contributed by atoms with Gasteiger partial charge in [0.2, 0.25) is 0 Å². The van der Waals surface area contributed by atoms with Crippen LogP contribution in [0, 0.1) is 0 Å². The van der Waals surface area contributed by atoms with Gasteiger partial charge in [-0.1, -0.05) is 30.3 Å². The SMILES string of the molecule is CCOc1ccc(C2=C(N(CC)c3ccccc3)C(=O)N(c3ccc(OC)cc3)C2=O)cc1. The minimum Gasteiger partial charge on any atom is -0.497 e. The van der Waals surface area contributed by atoms with E-state index in [0.29, 0.717) is 47.2 Å². The second-order valence-corrected chi connectivity index (χ2v) is 7.40. The minimum absolute atomic E-state index is 0.355. The van der Waals surface area contributed by atoms with E-state index in [1.807, 2.05) is 73.3 Å². The summed E-state index contributed by atoms with van der Waals surface area (Å²) in [6, 6.07) is 23.8. The van der Waals surface area contributed by atoms with Crippen LogP contribution in [0.5, 0.6) is 11.5 Å². The van der Waals surface area contributed by atoms with E-state index in [1.165, 1.54) is 4.90 Å². The number of amides is 2. The molecule has 0 atom stereocenters. The van der Waals surface area contributed by atoms with Gasteiger partial charge in [-0.2, -0.15) is 0 Å². The number of hydrogen-bond acceptors (Lipinski definition) is 5. The highest BCUT2D eigenvalue weighted by Gasteiger charge is 2.42. The van der Waals surface area contributed by atoms with Crippen molar-refractivity contribution < 1.29 is 19.1 Å². The summed E-state index contributed by atoms with van der Waals surface area (Å²) in [7, 11) is 1.57. The Bertz CT molecular complexity index is 1170. The topological polar surface area (TPSA) is 59.1 Å². The summed E-state index contributed by atoms with van der Waals surface area (Å²) >= 11 is 0. The summed E-state index contributed by atoms with van der Waals surface area (Å²) < 4.78 is 10.8. The Balaban J connectivity index is 1.84. The van der Waals surface area contributed by atoms with Gasteiger partial charge in [-0.15, -0.1) is 0 Å². The average Bonchev–Trinajstić information content (AvgIpc) is 3.11. The lowest BCUT2D eigenvalue weighted by molar-refractivity contribution is -0.120. The Labute approximate surface area is 193 Å². The molecule has 1 aliphatic heterocycles.